The number of hydrogen-bond acceptors (Lipinski definition) is 6. The molecule has 7 aromatic rings. The van der Waals surface area contributed by atoms with Crippen LogP contribution in [0.5, 0.6) is 0 Å². The molecule has 6 heterocycles. The molecule has 0 radical (unpaired) electrons. The van der Waals surface area contributed by atoms with E-state index in [1.807, 2.05) is 18.2 Å². The van der Waals surface area contributed by atoms with Crippen molar-refractivity contribution < 1.29 is 0 Å². The van der Waals surface area contributed by atoms with E-state index in [0.29, 0.717) is 0 Å². The van der Waals surface area contributed by atoms with E-state index in [0.717, 1.165) is 67.3 Å². The third-order valence-electron chi connectivity index (χ3n) is 5.61. The molecule has 0 fully saturated rings. The Balaban J connectivity index is 1.46. The lowest BCUT2D eigenvalue weighted by Gasteiger charge is -2.06. The highest BCUT2D eigenvalue weighted by Gasteiger charge is 2.15. The fourth-order valence-corrected chi connectivity index (χ4v) is 4.02. The summed E-state index contributed by atoms with van der Waals surface area (Å²) in [6.45, 7) is 0. The van der Waals surface area contributed by atoms with Crippen LogP contribution in [0.4, 0.5) is 0 Å². The van der Waals surface area contributed by atoms with Crippen LogP contribution in [0, 0.1) is 0 Å². The number of aromatic amines is 3. The molecule has 0 amide bonds. The number of rotatable bonds is 3. The zero-order chi connectivity index (χ0) is 21.8. The standard InChI is InChI=1S/C24H15N9/c1-4-25-10-19-16(1)28-22(31-19)13-7-14(23-29-17-2-5-26-11-20(17)32-23)9-15(8-13)24-30-18-3-6-27-12-21(18)33-24/h1-12H,(H,28,31)(H,29,32)(H,30,33). The monoisotopic (exact) mass is 429 g/mol. The van der Waals surface area contributed by atoms with Crippen LogP contribution >= 0.6 is 0 Å². The van der Waals surface area contributed by atoms with E-state index in [9.17, 15) is 0 Å². The van der Waals surface area contributed by atoms with Gasteiger partial charge in [0, 0.05) is 35.3 Å². The van der Waals surface area contributed by atoms with E-state index in [1.165, 1.54) is 0 Å². The molecule has 0 aliphatic carbocycles. The normalized spacial score (nSPS) is 11.6. The van der Waals surface area contributed by atoms with E-state index in [1.54, 1.807) is 37.2 Å². The number of hydrogen-bond donors (Lipinski definition) is 3. The Kier molecular flexibility index (Phi) is 3.65. The van der Waals surface area contributed by atoms with Gasteiger partial charge in [-0.1, -0.05) is 0 Å². The zero-order valence-corrected chi connectivity index (χ0v) is 17.1. The van der Waals surface area contributed by atoms with Gasteiger partial charge in [0.25, 0.3) is 0 Å². The predicted octanol–water partition coefficient (Wildman–Crippen LogP) is 4.50. The molecule has 0 saturated heterocycles. The van der Waals surface area contributed by atoms with Crippen molar-refractivity contribution in [3.05, 3.63) is 73.6 Å². The van der Waals surface area contributed by atoms with Crippen molar-refractivity contribution in [1.29, 1.82) is 0 Å². The summed E-state index contributed by atoms with van der Waals surface area (Å²) in [5.74, 6) is 2.24. The third kappa shape index (κ3) is 2.94. The molecule has 0 saturated carbocycles. The van der Waals surface area contributed by atoms with Gasteiger partial charge < -0.3 is 15.0 Å². The molecule has 0 unspecified atom stereocenters. The highest BCUT2D eigenvalue weighted by molar-refractivity contribution is 5.85. The lowest BCUT2D eigenvalue weighted by Crippen LogP contribution is -1.89. The number of nitrogens with zero attached hydrogens (tertiary/aromatic N) is 6. The Bertz CT molecular complexity index is 1470. The van der Waals surface area contributed by atoms with E-state index >= 15 is 0 Å². The number of pyridine rings is 3. The van der Waals surface area contributed by atoms with Gasteiger partial charge in [-0.25, -0.2) is 15.0 Å². The lowest BCUT2D eigenvalue weighted by atomic mass is 10.0. The lowest BCUT2D eigenvalue weighted by molar-refractivity contribution is 1.29. The molecule has 7 rings (SSSR count). The second-order valence-corrected chi connectivity index (χ2v) is 7.73. The Morgan fingerprint density at radius 3 is 1.42 bits per heavy atom. The SMILES string of the molecule is c1cc2[nH]c(-c3cc(-c4nc5ccncc5[nH]4)cc(-c4nc5ccncc5[nH]4)c3)nc2cn1. The first kappa shape index (κ1) is 17.7. The Morgan fingerprint density at radius 2 is 0.909 bits per heavy atom. The molecule has 0 bridgehead atoms. The minimum atomic E-state index is 0.747. The van der Waals surface area contributed by atoms with Crippen LogP contribution < -0.4 is 0 Å². The molecule has 6 aromatic heterocycles. The van der Waals surface area contributed by atoms with Gasteiger partial charge in [-0.05, 0) is 36.4 Å². The van der Waals surface area contributed by atoms with Gasteiger partial charge in [-0.3, -0.25) is 15.0 Å². The van der Waals surface area contributed by atoms with Crippen LogP contribution in [0.2, 0.25) is 0 Å². The maximum atomic E-state index is 4.76. The van der Waals surface area contributed by atoms with Crippen molar-refractivity contribution in [3.8, 4) is 34.2 Å². The van der Waals surface area contributed by atoms with E-state index in [-0.39, 0.29) is 0 Å². The highest BCUT2D eigenvalue weighted by atomic mass is 15.0. The average Bonchev–Trinajstić information content (AvgIpc) is 3.59. The highest BCUT2D eigenvalue weighted by Crippen LogP contribution is 2.32. The summed E-state index contributed by atoms with van der Waals surface area (Å²) >= 11 is 0. The zero-order valence-electron chi connectivity index (χ0n) is 17.1. The summed E-state index contributed by atoms with van der Waals surface area (Å²) in [6.07, 6.45) is 10.5. The van der Waals surface area contributed by atoms with Gasteiger partial charge in [-0.15, -0.1) is 0 Å². The number of imidazole rings is 3. The minimum absolute atomic E-state index is 0.747. The predicted molar refractivity (Wildman–Crippen MR) is 125 cm³/mol. The van der Waals surface area contributed by atoms with Gasteiger partial charge >= 0.3 is 0 Å². The Morgan fingerprint density at radius 1 is 0.455 bits per heavy atom. The molecule has 1 aromatic carbocycles. The van der Waals surface area contributed by atoms with E-state index < -0.39 is 0 Å². The first-order valence-corrected chi connectivity index (χ1v) is 10.4. The molecule has 3 N–H and O–H groups in total. The fraction of sp³-hybridized carbons (Fsp3) is 0. The van der Waals surface area contributed by atoms with Crippen molar-refractivity contribution in [2.45, 2.75) is 0 Å². The summed E-state index contributed by atoms with van der Waals surface area (Å²) in [6, 6.07) is 11.9. The van der Waals surface area contributed by atoms with Crippen molar-refractivity contribution in [2.24, 2.45) is 0 Å². The number of benzene rings is 1. The average molecular weight is 429 g/mol. The van der Waals surface area contributed by atoms with Gasteiger partial charge in [-0.2, -0.15) is 0 Å². The minimum Gasteiger partial charge on any atom is -0.338 e. The molecule has 9 nitrogen and oxygen atoms in total. The van der Waals surface area contributed by atoms with Gasteiger partial charge in [0.2, 0.25) is 0 Å². The molecule has 156 valence electrons. The van der Waals surface area contributed by atoms with Gasteiger partial charge in [0.05, 0.1) is 46.2 Å². The maximum absolute atomic E-state index is 4.76. The van der Waals surface area contributed by atoms with Crippen molar-refractivity contribution >= 4 is 33.1 Å². The molecule has 0 aliphatic rings. The summed E-state index contributed by atoms with van der Waals surface area (Å²) in [7, 11) is 0. The van der Waals surface area contributed by atoms with Crippen molar-refractivity contribution in [2.75, 3.05) is 0 Å². The molecular formula is C24H15N9. The Labute approximate surface area is 186 Å². The second kappa shape index (κ2) is 6.79. The summed E-state index contributed by atoms with van der Waals surface area (Å²) in [5.41, 5.74) is 7.95. The molecule has 0 atom stereocenters. The Hall–Kier alpha value is -4.92. The van der Waals surface area contributed by atoms with Crippen molar-refractivity contribution in [3.63, 3.8) is 0 Å². The molecule has 9 heteroatoms. The largest absolute Gasteiger partial charge is 0.338 e. The smallest absolute Gasteiger partial charge is 0.138 e. The maximum Gasteiger partial charge on any atom is 0.138 e. The van der Waals surface area contributed by atoms with Crippen LogP contribution in [0.1, 0.15) is 0 Å². The van der Waals surface area contributed by atoms with Crippen LogP contribution in [0.15, 0.2) is 73.6 Å². The molecule has 33 heavy (non-hydrogen) atoms. The summed E-state index contributed by atoms with van der Waals surface area (Å²) in [5, 5.41) is 0. The topological polar surface area (TPSA) is 125 Å². The van der Waals surface area contributed by atoms with Crippen LogP contribution in [-0.2, 0) is 0 Å². The van der Waals surface area contributed by atoms with Crippen LogP contribution in [0.3, 0.4) is 0 Å². The first-order chi connectivity index (χ1) is 16.3. The quantitative estimate of drug-likeness (QED) is 0.380. The number of aromatic nitrogens is 9. The third-order valence-corrected chi connectivity index (χ3v) is 5.61. The molecular weight excluding hydrogens is 414 g/mol. The second-order valence-electron chi connectivity index (χ2n) is 7.73. The fourth-order valence-electron chi connectivity index (χ4n) is 4.02. The van der Waals surface area contributed by atoms with E-state index in [2.05, 4.69) is 48.1 Å². The number of nitrogens with one attached hydrogen (secondary N) is 3. The summed E-state index contributed by atoms with van der Waals surface area (Å²) in [4.78, 5) is 36.9. The van der Waals surface area contributed by atoms with Gasteiger partial charge in [0.1, 0.15) is 23.0 Å². The van der Waals surface area contributed by atoms with Crippen LogP contribution in [-0.4, -0.2) is 44.9 Å². The van der Waals surface area contributed by atoms with Crippen molar-refractivity contribution in [1.82, 2.24) is 44.9 Å². The van der Waals surface area contributed by atoms with Crippen LogP contribution in [0.25, 0.3) is 67.3 Å². The molecule has 0 spiro atoms. The van der Waals surface area contributed by atoms with E-state index in [4.69, 9.17) is 15.0 Å². The number of fused-ring (bicyclic) bond motifs is 3. The molecule has 0 aliphatic heterocycles. The number of H-pyrrole nitrogens is 3. The first-order valence-electron chi connectivity index (χ1n) is 10.4. The summed E-state index contributed by atoms with van der Waals surface area (Å²) < 4.78 is 0. The van der Waals surface area contributed by atoms with Gasteiger partial charge in [0.15, 0.2) is 0 Å².